The zero-order valence-electron chi connectivity index (χ0n) is 36.7. The third-order valence-corrected chi connectivity index (χ3v) is 13.6. The number of nitrogens with one attached hydrogen (secondary N) is 2. The van der Waals surface area contributed by atoms with Gasteiger partial charge in [-0.15, -0.1) is 0 Å². The van der Waals surface area contributed by atoms with E-state index in [1.165, 1.54) is 14.2 Å². The van der Waals surface area contributed by atoms with E-state index in [1.54, 1.807) is 11.8 Å². The summed E-state index contributed by atoms with van der Waals surface area (Å²) in [6, 6.07) is 34.1. The van der Waals surface area contributed by atoms with E-state index in [9.17, 15) is 19.2 Å². The van der Waals surface area contributed by atoms with Gasteiger partial charge in [-0.2, -0.15) is 0 Å². The summed E-state index contributed by atoms with van der Waals surface area (Å²) in [5, 5.41) is 0. The maximum absolute atomic E-state index is 14.1. The predicted molar refractivity (Wildman–Crippen MR) is 246 cm³/mol. The number of methoxy groups -OCH3 is 2. The molecular weight excluding hydrogens is 825 g/mol. The van der Waals surface area contributed by atoms with Gasteiger partial charge in [-0.1, -0.05) is 111 Å². The van der Waals surface area contributed by atoms with Gasteiger partial charge in [0, 0.05) is 28.4 Å². The van der Waals surface area contributed by atoms with Crippen LogP contribution in [0.1, 0.15) is 87.6 Å². The van der Waals surface area contributed by atoms with E-state index in [2.05, 4.69) is 64.6 Å². The van der Waals surface area contributed by atoms with Gasteiger partial charge in [0.05, 0.1) is 74.8 Å². The van der Waals surface area contributed by atoms with E-state index in [4.69, 9.17) is 19.4 Å². The number of carbonyl (C=O) groups excluding carboxylic acids is 4. The lowest BCUT2D eigenvalue weighted by molar-refractivity contribution is -0.148. The number of hydrogen-bond donors (Lipinski definition) is 2. The third-order valence-electron chi connectivity index (χ3n) is 12.5. The van der Waals surface area contributed by atoms with Crippen molar-refractivity contribution in [2.75, 3.05) is 27.3 Å². The maximum Gasteiger partial charge on any atom is 0.306 e. The van der Waals surface area contributed by atoms with E-state index < -0.39 is 17.8 Å². The normalized spacial score (nSPS) is 17.1. The van der Waals surface area contributed by atoms with E-state index in [-0.39, 0.29) is 48.6 Å². The molecular formula is C51H54N6O6S. The number of benzene rings is 4. The highest BCUT2D eigenvalue weighted by Crippen LogP contribution is 2.41. The fourth-order valence-corrected chi connectivity index (χ4v) is 9.99. The molecule has 0 radical (unpaired) electrons. The molecule has 2 aliphatic rings. The first-order chi connectivity index (χ1) is 31.1. The molecule has 2 fully saturated rings. The Morgan fingerprint density at radius 3 is 1.80 bits per heavy atom. The standard InChI is InChI=1S/C51H54N6O6S/c1-32(2)39(28-46(58)62-3)50(60)56-25-11-17-43(56)49-53-31-42(55-49)36-23-24-38(45(27-36)64-37-15-9-6-10-16-37)34-19-21-35(22-20-34)41-30-52-48(54-41)44-18-12-26-57(44)51(61)40(29-47(59)63-4)33-13-7-5-8-14-33/h5-10,13-16,19-24,27,30-32,39-40,43-44H,11-12,17-18,25-26,28-29H2,1-4H3,(H,52,54)(H,53,55)/t39-,40+,43-,44-/m0/s1. The number of likely N-dealkylation sites (tertiary alicyclic amines) is 2. The molecule has 6 aromatic rings. The van der Waals surface area contributed by atoms with Gasteiger partial charge in [0.1, 0.15) is 11.6 Å². The smallest absolute Gasteiger partial charge is 0.306 e. The van der Waals surface area contributed by atoms with Crippen molar-refractivity contribution in [3.63, 3.8) is 0 Å². The zero-order valence-corrected chi connectivity index (χ0v) is 37.5. The Kier molecular flexibility index (Phi) is 13.7. The van der Waals surface area contributed by atoms with E-state index in [0.29, 0.717) is 13.1 Å². The fraction of sp³-hybridized carbons (Fsp3) is 0.333. The SMILES string of the molecule is COC(=O)C[C@H](C(=O)N1CCC[C@H]1c1ncc(-c2ccc(-c3ccc(-c4cnc([C@@H]5CCCN5C(=O)[C@H](CC(=O)OC)c5ccccc5)[nH]4)cc3)c(Sc3ccccc3)c2)[nH]1)C(C)C. The molecule has 12 nitrogen and oxygen atoms in total. The second-order valence-corrected chi connectivity index (χ2v) is 17.9. The molecule has 2 saturated heterocycles. The number of ether oxygens (including phenoxy) is 2. The molecule has 2 aromatic heterocycles. The van der Waals surface area contributed by atoms with Crippen molar-refractivity contribution in [3.05, 3.63) is 133 Å². The number of H-pyrrole nitrogens is 2. The molecule has 4 aromatic carbocycles. The predicted octanol–water partition coefficient (Wildman–Crippen LogP) is 9.79. The van der Waals surface area contributed by atoms with Gasteiger partial charge in [-0.05, 0) is 72.1 Å². The van der Waals surface area contributed by atoms with Crippen LogP contribution in [0.25, 0.3) is 33.6 Å². The van der Waals surface area contributed by atoms with Crippen LogP contribution >= 0.6 is 11.8 Å². The van der Waals surface area contributed by atoms with Crippen molar-refractivity contribution in [2.45, 2.75) is 80.2 Å². The second kappa shape index (κ2) is 19.9. The summed E-state index contributed by atoms with van der Waals surface area (Å²) < 4.78 is 9.88. The molecule has 2 N–H and O–H groups in total. The van der Waals surface area contributed by atoms with Gasteiger partial charge in [-0.3, -0.25) is 19.2 Å². The highest BCUT2D eigenvalue weighted by Gasteiger charge is 2.39. The molecule has 64 heavy (non-hydrogen) atoms. The van der Waals surface area contributed by atoms with Crippen molar-refractivity contribution in [3.8, 4) is 33.6 Å². The highest BCUT2D eigenvalue weighted by atomic mass is 32.2. The number of rotatable bonds is 15. The summed E-state index contributed by atoms with van der Waals surface area (Å²) in [6.07, 6.45) is 6.95. The topological polar surface area (TPSA) is 151 Å². The maximum atomic E-state index is 14.1. The number of carbonyl (C=O) groups is 4. The lowest BCUT2D eigenvalue weighted by Crippen LogP contribution is -2.39. The van der Waals surface area contributed by atoms with Crippen molar-refractivity contribution >= 4 is 35.5 Å². The number of nitrogens with zero attached hydrogens (tertiary/aromatic N) is 4. The molecule has 8 rings (SSSR count). The Labute approximate surface area is 378 Å². The summed E-state index contributed by atoms with van der Waals surface area (Å²) in [6.45, 7) is 5.14. The molecule has 330 valence electrons. The molecule has 0 spiro atoms. The Bertz CT molecular complexity index is 2570. The minimum Gasteiger partial charge on any atom is -0.469 e. The first-order valence-electron chi connectivity index (χ1n) is 22.0. The van der Waals surface area contributed by atoms with E-state index in [1.807, 2.05) is 84.6 Å². The van der Waals surface area contributed by atoms with Gasteiger partial charge in [0.2, 0.25) is 11.8 Å². The number of aromatic amines is 2. The average molecular weight is 879 g/mol. The van der Waals surface area contributed by atoms with Gasteiger partial charge in [-0.25, -0.2) is 9.97 Å². The largest absolute Gasteiger partial charge is 0.469 e. The van der Waals surface area contributed by atoms with Crippen molar-refractivity contribution in [1.82, 2.24) is 29.7 Å². The molecule has 4 heterocycles. The minimum atomic E-state index is -0.642. The van der Waals surface area contributed by atoms with Gasteiger partial charge in [0.25, 0.3) is 0 Å². The van der Waals surface area contributed by atoms with Gasteiger partial charge < -0.3 is 29.2 Å². The Morgan fingerprint density at radius 2 is 1.20 bits per heavy atom. The summed E-state index contributed by atoms with van der Waals surface area (Å²) in [4.78, 5) is 75.1. The van der Waals surface area contributed by atoms with Crippen LogP contribution in [0.15, 0.2) is 125 Å². The molecule has 0 aliphatic carbocycles. The van der Waals surface area contributed by atoms with Crippen LogP contribution in [-0.2, 0) is 28.7 Å². The molecule has 0 saturated carbocycles. The number of imidazole rings is 2. The zero-order chi connectivity index (χ0) is 44.7. The summed E-state index contributed by atoms with van der Waals surface area (Å²) in [7, 11) is 2.70. The van der Waals surface area contributed by atoms with Gasteiger partial charge >= 0.3 is 11.9 Å². The lowest BCUT2D eigenvalue weighted by atomic mass is 9.91. The molecule has 0 bridgehead atoms. The molecule has 2 aliphatic heterocycles. The van der Waals surface area contributed by atoms with Crippen LogP contribution in [-0.4, -0.2) is 80.8 Å². The average Bonchev–Trinajstić information content (AvgIpc) is 4.18. The Morgan fingerprint density at radius 1 is 0.672 bits per heavy atom. The Balaban J connectivity index is 1.02. The second-order valence-electron chi connectivity index (χ2n) is 16.8. The summed E-state index contributed by atoms with van der Waals surface area (Å²) in [5.74, 6) is -0.603. The number of aromatic nitrogens is 4. The number of hydrogen-bond acceptors (Lipinski definition) is 9. The monoisotopic (exact) mass is 878 g/mol. The van der Waals surface area contributed by atoms with Crippen molar-refractivity contribution < 1.29 is 28.7 Å². The fourth-order valence-electron chi connectivity index (χ4n) is 8.96. The van der Waals surface area contributed by atoms with E-state index >= 15 is 0 Å². The lowest BCUT2D eigenvalue weighted by Gasteiger charge is -2.29. The van der Waals surface area contributed by atoms with Crippen LogP contribution in [0.4, 0.5) is 0 Å². The molecule has 13 heteroatoms. The first-order valence-corrected chi connectivity index (χ1v) is 22.8. The summed E-state index contributed by atoms with van der Waals surface area (Å²) >= 11 is 1.69. The van der Waals surface area contributed by atoms with Crippen molar-refractivity contribution in [1.29, 1.82) is 0 Å². The van der Waals surface area contributed by atoms with E-state index in [0.717, 1.165) is 86.3 Å². The minimum absolute atomic E-state index is 0.0128. The first kappa shape index (κ1) is 44.1. The Hall–Kier alpha value is -6.47. The molecule has 0 unspecified atom stereocenters. The van der Waals surface area contributed by atoms with Crippen LogP contribution in [0, 0.1) is 11.8 Å². The highest BCUT2D eigenvalue weighted by molar-refractivity contribution is 7.99. The van der Waals surface area contributed by atoms with Crippen LogP contribution in [0.2, 0.25) is 0 Å². The molecule has 2 amide bonds. The summed E-state index contributed by atoms with van der Waals surface area (Å²) in [5.41, 5.74) is 6.57. The number of amides is 2. The van der Waals surface area contributed by atoms with Crippen LogP contribution in [0.3, 0.4) is 0 Å². The third kappa shape index (κ3) is 9.69. The van der Waals surface area contributed by atoms with Crippen LogP contribution in [0.5, 0.6) is 0 Å². The quantitative estimate of drug-likeness (QED) is 0.0962. The van der Waals surface area contributed by atoms with Crippen LogP contribution < -0.4 is 0 Å². The van der Waals surface area contributed by atoms with Crippen molar-refractivity contribution in [2.24, 2.45) is 11.8 Å². The molecule has 4 atom stereocenters. The van der Waals surface area contributed by atoms with Gasteiger partial charge in [0.15, 0.2) is 0 Å². The number of esters is 2.